The highest BCUT2D eigenvalue weighted by Gasteiger charge is 2.21. The van der Waals surface area contributed by atoms with Gasteiger partial charge in [0.1, 0.15) is 10.9 Å². The van der Waals surface area contributed by atoms with Crippen LogP contribution in [-0.2, 0) is 0 Å². The Hall–Kier alpha value is -1.87. The zero-order valence-electron chi connectivity index (χ0n) is 10.3. The van der Waals surface area contributed by atoms with Crippen LogP contribution in [0, 0.1) is 6.92 Å². The minimum absolute atomic E-state index is 0.214. The van der Waals surface area contributed by atoms with Gasteiger partial charge >= 0.3 is 0 Å². The maximum atomic E-state index is 12.1. The number of rotatable bonds is 4. The van der Waals surface area contributed by atoms with E-state index in [1.807, 2.05) is 0 Å². The average Bonchev–Trinajstić information content (AvgIpc) is 2.74. The molecule has 1 amide bonds. The van der Waals surface area contributed by atoms with Crippen molar-refractivity contribution in [1.82, 2.24) is 15.3 Å². The molecule has 0 aliphatic rings. The Bertz CT molecular complexity index is 698. The number of H-pyrrole nitrogens is 1. The van der Waals surface area contributed by atoms with Crippen molar-refractivity contribution in [3.8, 4) is 0 Å². The van der Waals surface area contributed by atoms with Gasteiger partial charge in [-0.2, -0.15) is 0 Å². The van der Waals surface area contributed by atoms with E-state index >= 15 is 0 Å². The molecule has 0 saturated carbocycles. The number of fused-ring (bicyclic) bond motifs is 1. The topological polar surface area (TPSA) is 95.1 Å². The summed E-state index contributed by atoms with van der Waals surface area (Å²) in [5, 5.41) is 11.5. The van der Waals surface area contributed by atoms with Crippen LogP contribution in [0.5, 0.6) is 0 Å². The number of carbonyl (C=O) groups is 1. The number of aliphatic hydroxyl groups is 1. The summed E-state index contributed by atoms with van der Waals surface area (Å²) in [5.74, 6) is -0.621. The Morgan fingerprint density at radius 1 is 1.60 bits per heavy atom. The molecule has 2 heterocycles. The van der Waals surface area contributed by atoms with E-state index in [0.29, 0.717) is 15.8 Å². The van der Waals surface area contributed by atoms with Crippen molar-refractivity contribution in [2.24, 2.45) is 0 Å². The Kier molecular flexibility index (Phi) is 4.09. The van der Waals surface area contributed by atoms with E-state index in [-0.39, 0.29) is 10.4 Å². The van der Waals surface area contributed by atoms with Crippen molar-refractivity contribution in [1.29, 1.82) is 0 Å². The van der Waals surface area contributed by atoms with Gasteiger partial charge in [-0.05, 0) is 12.5 Å². The number of amides is 1. The molecule has 0 aromatic carbocycles. The van der Waals surface area contributed by atoms with Gasteiger partial charge < -0.3 is 15.4 Å². The van der Waals surface area contributed by atoms with Crippen molar-refractivity contribution in [3.05, 3.63) is 27.1 Å². The van der Waals surface area contributed by atoms with Crippen LogP contribution < -0.4 is 10.9 Å². The fraction of sp³-hybridized carbons (Fsp3) is 0.364. The van der Waals surface area contributed by atoms with Gasteiger partial charge in [0.15, 0.2) is 0 Å². The van der Waals surface area contributed by atoms with Gasteiger partial charge in [0.25, 0.3) is 17.9 Å². The molecule has 1 unspecified atom stereocenters. The molecule has 6 nitrogen and oxygen atoms in total. The van der Waals surface area contributed by atoms with E-state index in [2.05, 4.69) is 15.3 Å². The summed E-state index contributed by atoms with van der Waals surface area (Å²) < 4.78 is 24.3. The molecule has 0 spiro atoms. The first-order valence-corrected chi connectivity index (χ1v) is 6.44. The van der Waals surface area contributed by atoms with Crippen LogP contribution in [0.4, 0.5) is 8.78 Å². The fourth-order valence-electron chi connectivity index (χ4n) is 1.66. The smallest absolute Gasteiger partial charge is 0.265 e. The summed E-state index contributed by atoms with van der Waals surface area (Å²) in [4.78, 5) is 30.5. The van der Waals surface area contributed by atoms with E-state index < -0.39 is 25.0 Å². The first-order valence-electron chi connectivity index (χ1n) is 5.63. The van der Waals surface area contributed by atoms with E-state index in [9.17, 15) is 18.4 Å². The van der Waals surface area contributed by atoms with Gasteiger partial charge in [0.05, 0.1) is 16.6 Å². The zero-order chi connectivity index (χ0) is 14.9. The molecule has 0 saturated heterocycles. The SMILES string of the molecule is Cc1c(C(=O)NCC(O)C(F)F)sc2nc[nH]c(=O)c12. The van der Waals surface area contributed by atoms with E-state index in [0.717, 1.165) is 11.3 Å². The number of hydrogen-bond acceptors (Lipinski definition) is 5. The molecule has 0 aliphatic heterocycles. The molecule has 2 aromatic rings. The number of thiophene rings is 1. The predicted octanol–water partition coefficient (Wildman–Crippen LogP) is 0.649. The van der Waals surface area contributed by atoms with Gasteiger partial charge in [-0.1, -0.05) is 0 Å². The molecule has 2 rings (SSSR count). The molecule has 0 radical (unpaired) electrons. The predicted molar refractivity (Wildman–Crippen MR) is 69.3 cm³/mol. The average molecular weight is 303 g/mol. The Labute approximate surface area is 115 Å². The monoisotopic (exact) mass is 303 g/mol. The third-order valence-electron chi connectivity index (χ3n) is 2.70. The summed E-state index contributed by atoms with van der Waals surface area (Å²) in [5.41, 5.74) is 0.0683. The number of carbonyl (C=O) groups excluding carboxylic acids is 1. The minimum Gasteiger partial charge on any atom is -0.385 e. The minimum atomic E-state index is -2.93. The molecule has 1 atom stereocenters. The van der Waals surface area contributed by atoms with Gasteiger partial charge in [0, 0.05) is 6.54 Å². The number of aryl methyl sites for hydroxylation is 1. The van der Waals surface area contributed by atoms with Crippen LogP contribution in [0.1, 0.15) is 15.2 Å². The second kappa shape index (κ2) is 5.63. The number of aromatic amines is 1. The van der Waals surface area contributed by atoms with E-state index in [4.69, 9.17) is 5.11 Å². The molecule has 0 fully saturated rings. The molecular weight excluding hydrogens is 292 g/mol. The van der Waals surface area contributed by atoms with Crippen molar-refractivity contribution in [2.75, 3.05) is 6.54 Å². The molecular formula is C11H11F2N3O3S. The normalized spacial score (nSPS) is 12.8. The van der Waals surface area contributed by atoms with Crippen LogP contribution >= 0.6 is 11.3 Å². The summed E-state index contributed by atoms with van der Waals surface area (Å²) in [6, 6.07) is 0. The number of nitrogens with one attached hydrogen (secondary N) is 2. The summed E-state index contributed by atoms with van der Waals surface area (Å²) in [6.07, 6.45) is -3.62. The summed E-state index contributed by atoms with van der Waals surface area (Å²) >= 11 is 0.994. The fourth-order valence-corrected chi connectivity index (χ4v) is 2.73. The van der Waals surface area contributed by atoms with Gasteiger partial charge in [-0.15, -0.1) is 11.3 Å². The van der Waals surface area contributed by atoms with Crippen molar-refractivity contribution < 1.29 is 18.7 Å². The molecule has 2 aromatic heterocycles. The molecule has 9 heteroatoms. The molecule has 20 heavy (non-hydrogen) atoms. The van der Waals surface area contributed by atoms with Crippen LogP contribution in [0.15, 0.2) is 11.1 Å². The molecule has 0 bridgehead atoms. The maximum absolute atomic E-state index is 12.1. The Balaban J connectivity index is 2.25. The third-order valence-corrected chi connectivity index (χ3v) is 3.90. The maximum Gasteiger partial charge on any atom is 0.265 e. The van der Waals surface area contributed by atoms with Crippen LogP contribution in [-0.4, -0.2) is 40.1 Å². The quantitative estimate of drug-likeness (QED) is 0.773. The largest absolute Gasteiger partial charge is 0.385 e. The number of hydrogen-bond donors (Lipinski definition) is 3. The van der Waals surface area contributed by atoms with Crippen LogP contribution in [0.2, 0.25) is 0 Å². The highest BCUT2D eigenvalue weighted by Crippen LogP contribution is 2.26. The van der Waals surface area contributed by atoms with Crippen LogP contribution in [0.25, 0.3) is 10.2 Å². The van der Waals surface area contributed by atoms with E-state index in [1.165, 1.54) is 6.33 Å². The Morgan fingerprint density at radius 3 is 2.90 bits per heavy atom. The first kappa shape index (κ1) is 14.5. The molecule has 108 valence electrons. The lowest BCUT2D eigenvalue weighted by Gasteiger charge is -2.10. The highest BCUT2D eigenvalue weighted by molar-refractivity contribution is 7.20. The summed E-state index contributed by atoms with van der Waals surface area (Å²) in [7, 11) is 0. The zero-order valence-corrected chi connectivity index (χ0v) is 11.1. The number of alkyl halides is 2. The standard InChI is InChI=1S/C11H11F2N3O3S/c1-4-6-9(18)15-3-16-11(6)20-7(4)10(19)14-2-5(17)8(12)13/h3,5,8,17H,2H2,1H3,(H,14,19)(H,15,16,18). The van der Waals surface area contributed by atoms with Gasteiger partial charge in [-0.25, -0.2) is 13.8 Å². The highest BCUT2D eigenvalue weighted by atomic mass is 32.1. The number of aromatic nitrogens is 2. The number of nitrogens with zero attached hydrogens (tertiary/aromatic N) is 1. The summed E-state index contributed by atoms with van der Waals surface area (Å²) in [6.45, 7) is 1.02. The lowest BCUT2D eigenvalue weighted by atomic mass is 10.2. The van der Waals surface area contributed by atoms with Crippen molar-refractivity contribution >= 4 is 27.5 Å². The molecule has 0 aliphatic carbocycles. The lowest BCUT2D eigenvalue weighted by molar-refractivity contribution is -0.00268. The van der Waals surface area contributed by atoms with Crippen molar-refractivity contribution in [2.45, 2.75) is 19.5 Å². The van der Waals surface area contributed by atoms with E-state index in [1.54, 1.807) is 6.92 Å². The van der Waals surface area contributed by atoms with Crippen molar-refractivity contribution in [3.63, 3.8) is 0 Å². The lowest BCUT2D eigenvalue weighted by Crippen LogP contribution is -2.35. The number of aliphatic hydroxyl groups excluding tert-OH is 1. The molecule has 3 N–H and O–H groups in total. The number of halogens is 2. The second-order valence-corrected chi connectivity index (χ2v) is 5.08. The Morgan fingerprint density at radius 2 is 2.30 bits per heavy atom. The van der Waals surface area contributed by atoms with Gasteiger partial charge in [0.2, 0.25) is 0 Å². The van der Waals surface area contributed by atoms with Gasteiger partial charge in [-0.3, -0.25) is 9.59 Å². The first-order chi connectivity index (χ1) is 9.41. The second-order valence-electron chi connectivity index (χ2n) is 4.08. The third kappa shape index (κ3) is 2.68. The van der Waals surface area contributed by atoms with Crippen LogP contribution in [0.3, 0.4) is 0 Å².